The van der Waals surface area contributed by atoms with E-state index in [9.17, 15) is 15.0 Å². The van der Waals surface area contributed by atoms with Crippen molar-refractivity contribution < 1.29 is 24.5 Å². The van der Waals surface area contributed by atoms with Gasteiger partial charge < -0.3 is 19.7 Å². The highest BCUT2D eigenvalue weighted by atomic mass is 16.5. The third-order valence-corrected chi connectivity index (χ3v) is 5.01. The molecule has 0 fully saturated rings. The Bertz CT molecular complexity index is 966. The van der Waals surface area contributed by atoms with E-state index >= 15 is 0 Å². The van der Waals surface area contributed by atoms with Crippen LogP contribution < -0.4 is 9.47 Å². The van der Waals surface area contributed by atoms with Gasteiger partial charge in [-0.3, -0.25) is 4.79 Å². The molecule has 158 valence electrons. The summed E-state index contributed by atoms with van der Waals surface area (Å²) in [5.41, 5.74) is 3.58. The van der Waals surface area contributed by atoms with Crippen LogP contribution in [0.3, 0.4) is 0 Å². The SMILES string of the molecule is CC(C)=CCCC(C)=CCOc1ccc([C@@H]2CC(=O)c3c(O)cc(O)cc3O2)cc1. The minimum absolute atomic E-state index is 0.121. The van der Waals surface area contributed by atoms with Crippen molar-refractivity contribution in [1.82, 2.24) is 0 Å². The van der Waals surface area contributed by atoms with Gasteiger partial charge in [-0.15, -0.1) is 0 Å². The fourth-order valence-corrected chi connectivity index (χ4v) is 3.36. The van der Waals surface area contributed by atoms with Crippen molar-refractivity contribution in [2.24, 2.45) is 0 Å². The highest BCUT2D eigenvalue weighted by Crippen LogP contribution is 2.41. The number of hydrogen-bond donors (Lipinski definition) is 2. The number of fused-ring (bicyclic) bond motifs is 1. The third-order valence-electron chi connectivity index (χ3n) is 5.01. The van der Waals surface area contributed by atoms with Crippen LogP contribution >= 0.6 is 0 Å². The average Bonchev–Trinajstić information content (AvgIpc) is 2.67. The number of carbonyl (C=O) groups is 1. The van der Waals surface area contributed by atoms with Crippen LogP contribution in [-0.2, 0) is 0 Å². The largest absolute Gasteiger partial charge is 0.508 e. The first-order valence-corrected chi connectivity index (χ1v) is 10.1. The van der Waals surface area contributed by atoms with Crippen molar-refractivity contribution in [3.05, 3.63) is 70.8 Å². The number of carbonyl (C=O) groups excluding carboxylic acids is 1. The van der Waals surface area contributed by atoms with Gasteiger partial charge in [0.1, 0.15) is 41.3 Å². The molecule has 0 unspecified atom stereocenters. The molecular weight excluding hydrogens is 380 g/mol. The van der Waals surface area contributed by atoms with Crippen molar-refractivity contribution >= 4 is 5.78 Å². The number of ether oxygens (including phenoxy) is 2. The molecule has 3 rings (SSSR count). The minimum atomic E-state index is -0.475. The number of hydrogen-bond acceptors (Lipinski definition) is 5. The van der Waals surface area contributed by atoms with Crippen LogP contribution in [-0.4, -0.2) is 22.6 Å². The van der Waals surface area contributed by atoms with Crippen LogP contribution in [0.4, 0.5) is 0 Å². The molecule has 1 aliphatic heterocycles. The molecule has 2 N–H and O–H groups in total. The summed E-state index contributed by atoms with van der Waals surface area (Å²) in [6, 6.07) is 9.93. The Kier molecular flexibility index (Phi) is 6.83. The second kappa shape index (κ2) is 9.53. The lowest BCUT2D eigenvalue weighted by Crippen LogP contribution is -2.20. The van der Waals surface area contributed by atoms with Crippen molar-refractivity contribution in [2.75, 3.05) is 6.61 Å². The standard InChI is InChI=1S/C25H28O5/c1-16(2)5-4-6-17(3)11-12-29-20-9-7-18(8-10-20)23-15-22(28)25-21(27)13-19(26)14-24(25)30-23/h5,7-11,13-14,23,26-27H,4,6,12,15H2,1-3H3/t23-/m0/s1. The first-order chi connectivity index (χ1) is 14.3. The number of ketones is 1. The smallest absolute Gasteiger partial charge is 0.174 e. The maximum atomic E-state index is 12.4. The summed E-state index contributed by atoms with van der Waals surface area (Å²) >= 11 is 0. The average molecular weight is 408 g/mol. The number of phenols is 2. The Morgan fingerprint density at radius 3 is 2.57 bits per heavy atom. The zero-order valence-corrected chi connectivity index (χ0v) is 17.6. The van der Waals surface area contributed by atoms with E-state index in [-0.39, 0.29) is 35.0 Å². The Balaban J connectivity index is 1.59. The lowest BCUT2D eigenvalue weighted by molar-refractivity contribution is 0.0845. The number of allylic oxidation sites excluding steroid dienone is 3. The summed E-state index contributed by atoms with van der Waals surface area (Å²) in [4.78, 5) is 12.4. The molecule has 0 aliphatic carbocycles. The van der Waals surface area contributed by atoms with Gasteiger partial charge in [0.05, 0.1) is 6.42 Å². The van der Waals surface area contributed by atoms with Crippen LogP contribution in [0, 0.1) is 0 Å². The van der Waals surface area contributed by atoms with Gasteiger partial charge in [0.2, 0.25) is 0 Å². The van der Waals surface area contributed by atoms with E-state index in [2.05, 4.69) is 32.9 Å². The highest BCUT2D eigenvalue weighted by Gasteiger charge is 2.30. The number of rotatable bonds is 7. The van der Waals surface area contributed by atoms with Gasteiger partial charge in [-0.2, -0.15) is 0 Å². The van der Waals surface area contributed by atoms with Gasteiger partial charge in [-0.25, -0.2) is 0 Å². The molecule has 1 aliphatic rings. The molecule has 0 saturated carbocycles. The molecule has 0 aromatic heterocycles. The quantitative estimate of drug-likeness (QED) is 0.560. The Labute approximate surface area is 177 Å². The van der Waals surface area contributed by atoms with Crippen LogP contribution in [0.25, 0.3) is 0 Å². The van der Waals surface area contributed by atoms with Gasteiger partial charge in [0.25, 0.3) is 0 Å². The molecule has 5 nitrogen and oxygen atoms in total. The van der Waals surface area contributed by atoms with E-state index in [1.54, 1.807) is 0 Å². The monoisotopic (exact) mass is 408 g/mol. The topological polar surface area (TPSA) is 76.0 Å². The number of aromatic hydroxyl groups is 2. The van der Waals surface area contributed by atoms with E-state index in [1.165, 1.54) is 17.2 Å². The maximum Gasteiger partial charge on any atom is 0.174 e. The fraction of sp³-hybridized carbons (Fsp3) is 0.320. The summed E-state index contributed by atoms with van der Waals surface area (Å²) in [6.07, 6.45) is 6.03. The molecule has 0 radical (unpaired) electrons. The van der Waals surface area contributed by atoms with Gasteiger partial charge in [-0.05, 0) is 57.4 Å². The van der Waals surface area contributed by atoms with E-state index in [0.29, 0.717) is 6.61 Å². The summed E-state index contributed by atoms with van der Waals surface area (Å²) < 4.78 is 11.7. The molecule has 2 aromatic carbocycles. The fourth-order valence-electron chi connectivity index (χ4n) is 3.36. The van der Waals surface area contributed by atoms with Gasteiger partial charge in [0, 0.05) is 12.1 Å². The van der Waals surface area contributed by atoms with Crippen LogP contribution in [0.2, 0.25) is 0 Å². The molecule has 0 saturated heterocycles. The lowest BCUT2D eigenvalue weighted by Gasteiger charge is -2.26. The molecule has 2 aromatic rings. The van der Waals surface area contributed by atoms with Crippen molar-refractivity contribution in [3.63, 3.8) is 0 Å². The number of Topliss-reactive ketones (excluding diaryl/α,β-unsaturated/α-hetero) is 1. The second-order valence-electron chi connectivity index (χ2n) is 7.82. The lowest BCUT2D eigenvalue weighted by atomic mass is 9.95. The van der Waals surface area contributed by atoms with E-state index in [0.717, 1.165) is 30.2 Å². The zero-order valence-electron chi connectivity index (χ0n) is 17.6. The third kappa shape index (κ3) is 5.44. The predicted molar refractivity (Wildman–Crippen MR) is 116 cm³/mol. The number of benzene rings is 2. The van der Waals surface area contributed by atoms with Gasteiger partial charge >= 0.3 is 0 Å². The highest BCUT2D eigenvalue weighted by molar-refractivity contribution is 6.02. The Hall–Kier alpha value is -3.21. The number of phenolic OH excluding ortho intramolecular Hbond substituents is 2. The molecule has 0 spiro atoms. The molecule has 30 heavy (non-hydrogen) atoms. The second-order valence-corrected chi connectivity index (χ2v) is 7.82. The van der Waals surface area contributed by atoms with Crippen LogP contribution in [0.5, 0.6) is 23.0 Å². The molecule has 1 atom stereocenters. The Morgan fingerprint density at radius 1 is 1.13 bits per heavy atom. The van der Waals surface area contributed by atoms with Crippen LogP contribution in [0.1, 0.15) is 62.1 Å². The van der Waals surface area contributed by atoms with Gasteiger partial charge in [-0.1, -0.05) is 29.4 Å². The molecule has 1 heterocycles. The first-order valence-electron chi connectivity index (χ1n) is 10.1. The zero-order chi connectivity index (χ0) is 21.7. The summed E-state index contributed by atoms with van der Waals surface area (Å²) in [7, 11) is 0. The first kappa shape index (κ1) is 21.5. The van der Waals surface area contributed by atoms with Gasteiger partial charge in [0.15, 0.2) is 5.78 Å². The Morgan fingerprint density at radius 2 is 1.87 bits per heavy atom. The van der Waals surface area contributed by atoms with Crippen molar-refractivity contribution in [2.45, 2.75) is 46.1 Å². The molecule has 0 bridgehead atoms. The van der Waals surface area contributed by atoms with Crippen molar-refractivity contribution in [1.29, 1.82) is 0 Å². The van der Waals surface area contributed by atoms with E-state index in [1.807, 2.05) is 24.3 Å². The summed E-state index contributed by atoms with van der Waals surface area (Å²) in [5.74, 6) is 0.314. The minimum Gasteiger partial charge on any atom is -0.508 e. The summed E-state index contributed by atoms with van der Waals surface area (Å²) in [5, 5.41) is 19.6. The molecule has 5 heteroatoms. The summed E-state index contributed by atoms with van der Waals surface area (Å²) in [6.45, 7) is 6.82. The van der Waals surface area contributed by atoms with Crippen molar-refractivity contribution in [3.8, 4) is 23.0 Å². The van der Waals surface area contributed by atoms with Crippen LogP contribution in [0.15, 0.2) is 59.7 Å². The molecular formula is C25H28O5. The van der Waals surface area contributed by atoms with E-state index in [4.69, 9.17) is 9.47 Å². The molecule has 0 amide bonds. The predicted octanol–water partition coefficient (Wildman–Crippen LogP) is 5.88. The maximum absolute atomic E-state index is 12.4. The normalized spacial score (nSPS) is 15.9. The van der Waals surface area contributed by atoms with E-state index < -0.39 is 6.10 Å².